The first-order chi connectivity index (χ1) is 11.2. The van der Waals surface area contributed by atoms with Gasteiger partial charge < -0.3 is 15.5 Å². The van der Waals surface area contributed by atoms with Crippen LogP contribution in [0.3, 0.4) is 0 Å². The molecule has 2 N–H and O–H groups in total. The Bertz CT molecular complexity index is 712. The lowest BCUT2D eigenvalue weighted by Gasteiger charge is -2.16. The zero-order valence-electron chi connectivity index (χ0n) is 12.6. The Kier molecular flexibility index (Phi) is 4.39. The summed E-state index contributed by atoms with van der Waals surface area (Å²) in [5.74, 6) is 0.945. The van der Waals surface area contributed by atoms with Crippen molar-refractivity contribution < 1.29 is 4.79 Å². The number of anilines is 3. The summed E-state index contributed by atoms with van der Waals surface area (Å²) in [4.78, 5) is 18.6. The molecule has 1 aliphatic heterocycles. The number of benzene rings is 1. The second-order valence-corrected chi connectivity index (χ2v) is 5.37. The third-order valence-corrected chi connectivity index (χ3v) is 3.71. The molecule has 1 aromatic carbocycles. The van der Waals surface area contributed by atoms with Crippen LogP contribution in [0.2, 0.25) is 0 Å². The van der Waals surface area contributed by atoms with Gasteiger partial charge in [0.05, 0.1) is 23.5 Å². The normalized spacial score (nSPS) is 13.4. The van der Waals surface area contributed by atoms with Crippen molar-refractivity contribution in [2.75, 3.05) is 28.6 Å². The van der Waals surface area contributed by atoms with Gasteiger partial charge >= 0.3 is 6.03 Å². The van der Waals surface area contributed by atoms with Crippen molar-refractivity contribution in [3.8, 4) is 6.07 Å². The number of nitrogens with zero attached hydrogens (tertiary/aromatic N) is 3. The van der Waals surface area contributed by atoms with E-state index >= 15 is 0 Å². The molecule has 0 unspecified atom stereocenters. The van der Waals surface area contributed by atoms with Crippen LogP contribution in [0.1, 0.15) is 18.4 Å². The fourth-order valence-electron chi connectivity index (χ4n) is 2.51. The lowest BCUT2D eigenvalue weighted by molar-refractivity contribution is 0.262. The Morgan fingerprint density at radius 3 is 2.30 bits per heavy atom. The first-order valence-electron chi connectivity index (χ1n) is 7.54. The summed E-state index contributed by atoms with van der Waals surface area (Å²) in [6.07, 6.45) is 4.06. The van der Waals surface area contributed by atoms with Gasteiger partial charge in [-0.3, -0.25) is 0 Å². The second kappa shape index (κ2) is 6.79. The molecule has 6 nitrogen and oxygen atoms in total. The van der Waals surface area contributed by atoms with Gasteiger partial charge in [0.2, 0.25) is 0 Å². The Morgan fingerprint density at radius 2 is 1.70 bits per heavy atom. The molecule has 2 aromatic rings. The highest BCUT2D eigenvalue weighted by Crippen LogP contribution is 2.19. The summed E-state index contributed by atoms with van der Waals surface area (Å²) >= 11 is 0. The Hall–Kier alpha value is -3.07. The van der Waals surface area contributed by atoms with E-state index in [2.05, 4.69) is 20.5 Å². The average Bonchev–Trinajstić information content (AvgIpc) is 3.11. The highest BCUT2D eigenvalue weighted by molar-refractivity contribution is 5.99. The quantitative estimate of drug-likeness (QED) is 0.912. The van der Waals surface area contributed by atoms with E-state index in [0.717, 1.165) is 18.9 Å². The molecule has 23 heavy (non-hydrogen) atoms. The van der Waals surface area contributed by atoms with Gasteiger partial charge in [0.1, 0.15) is 5.82 Å². The predicted octanol–water partition coefficient (Wildman–Crippen LogP) is 3.20. The molecule has 116 valence electrons. The number of urea groups is 1. The molecule has 3 rings (SSSR count). The van der Waals surface area contributed by atoms with E-state index in [9.17, 15) is 4.79 Å². The number of nitriles is 1. The summed E-state index contributed by atoms with van der Waals surface area (Å²) in [7, 11) is 0. The van der Waals surface area contributed by atoms with Crippen LogP contribution < -0.4 is 15.5 Å². The molecule has 1 aliphatic rings. The monoisotopic (exact) mass is 307 g/mol. The number of aromatic nitrogens is 1. The fourth-order valence-corrected chi connectivity index (χ4v) is 2.51. The molecule has 6 heteroatoms. The molecule has 0 spiro atoms. The van der Waals surface area contributed by atoms with Gasteiger partial charge in [0.15, 0.2) is 0 Å². The van der Waals surface area contributed by atoms with Crippen molar-refractivity contribution in [1.82, 2.24) is 4.98 Å². The van der Waals surface area contributed by atoms with E-state index in [1.165, 1.54) is 12.8 Å². The molecule has 2 heterocycles. The number of carbonyl (C=O) groups is 1. The first kappa shape index (κ1) is 14.9. The van der Waals surface area contributed by atoms with Crippen LogP contribution in [-0.2, 0) is 0 Å². The SMILES string of the molecule is N#Cc1ccc(NC(=O)Nc2ccc(N3CCCC3)nc2)cc1. The molecule has 0 aliphatic carbocycles. The first-order valence-corrected chi connectivity index (χ1v) is 7.54. The lowest BCUT2D eigenvalue weighted by Crippen LogP contribution is -2.21. The zero-order valence-corrected chi connectivity index (χ0v) is 12.6. The third-order valence-electron chi connectivity index (χ3n) is 3.71. The van der Waals surface area contributed by atoms with E-state index in [4.69, 9.17) is 5.26 Å². The van der Waals surface area contributed by atoms with Gasteiger partial charge in [-0.25, -0.2) is 9.78 Å². The van der Waals surface area contributed by atoms with Crippen molar-refractivity contribution in [3.63, 3.8) is 0 Å². The minimum absolute atomic E-state index is 0.342. The number of nitrogens with one attached hydrogen (secondary N) is 2. The fraction of sp³-hybridized carbons (Fsp3) is 0.235. The van der Waals surface area contributed by atoms with Crippen molar-refractivity contribution in [1.29, 1.82) is 5.26 Å². The molecule has 1 fully saturated rings. The minimum Gasteiger partial charge on any atom is -0.357 e. The van der Waals surface area contributed by atoms with Gasteiger partial charge in [-0.15, -0.1) is 0 Å². The van der Waals surface area contributed by atoms with Crippen LogP contribution >= 0.6 is 0 Å². The molecular weight excluding hydrogens is 290 g/mol. The molecule has 1 saturated heterocycles. The largest absolute Gasteiger partial charge is 0.357 e. The van der Waals surface area contributed by atoms with Gasteiger partial charge in [-0.05, 0) is 49.2 Å². The molecule has 0 atom stereocenters. The second-order valence-electron chi connectivity index (χ2n) is 5.37. The maximum atomic E-state index is 12.0. The number of pyridine rings is 1. The lowest BCUT2D eigenvalue weighted by atomic mass is 10.2. The maximum Gasteiger partial charge on any atom is 0.323 e. The van der Waals surface area contributed by atoms with E-state index in [1.807, 2.05) is 18.2 Å². The van der Waals surface area contributed by atoms with E-state index in [-0.39, 0.29) is 6.03 Å². The van der Waals surface area contributed by atoms with Gasteiger partial charge in [-0.2, -0.15) is 5.26 Å². The molecular formula is C17H17N5O. The number of rotatable bonds is 3. The van der Waals surface area contributed by atoms with E-state index < -0.39 is 0 Å². The minimum atomic E-state index is -0.342. The number of hydrogen-bond acceptors (Lipinski definition) is 4. The number of hydrogen-bond donors (Lipinski definition) is 2. The van der Waals surface area contributed by atoms with Crippen molar-refractivity contribution >= 4 is 23.2 Å². The van der Waals surface area contributed by atoms with E-state index in [0.29, 0.717) is 16.9 Å². The number of amides is 2. The highest BCUT2D eigenvalue weighted by Gasteiger charge is 2.13. The average molecular weight is 307 g/mol. The zero-order chi connectivity index (χ0) is 16.1. The van der Waals surface area contributed by atoms with Crippen LogP contribution in [0, 0.1) is 11.3 Å². The van der Waals surface area contributed by atoms with E-state index in [1.54, 1.807) is 30.5 Å². The molecule has 0 saturated carbocycles. The van der Waals surface area contributed by atoms with Gasteiger partial charge in [-0.1, -0.05) is 0 Å². The van der Waals surface area contributed by atoms with Crippen molar-refractivity contribution in [2.45, 2.75) is 12.8 Å². The Morgan fingerprint density at radius 1 is 1.04 bits per heavy atom. The van der Waals surface area contributed by atoms with Crippen LogP contribution in [0.4, 0.5) is 22.0 Å². The summed E-state index contributed by atoms with van der Waals surface area (Å²) < 4.78 is 0. The molecule has 0 radical (unpaired) electrons. The van der Waals surface area contributed by atoms with Crippen molar-refractivity contribution in [2.24, 2.45) is 0 Å². The van der Waals surface area contributed by atoms with Crippen LogP contribution in [-0.4, -0.2) is 24.1 Å². The smallest absolute Gasteiger partial charge is 0.323 e. The summed E-state index contributed by atoms with van der Waals surface area (Å²) in [5, 5.41) is 14.2. The molecule has 0 bridgehead atoms. The topological polar surface area (TPSA) is 81.0 Å². The Balaban J connectivity index is 1.57. The predicted molar refractivity (Wildman–Crippen MR) is 89.5 cm³/mol. The standard InChI is InChI=1S/C17H17N5O/c18-11-13-3-5-14(6-4-13)20-17(23)21-15-7-8-16(19-12-15)22-9-1-2-10-22/h3-8,12H,1-2,9-10H2,(H2,20,21,23). The van der Waals surface area contributed by atoms with Crippen LogP contribution in [0.15, 0.2) is 42.6 Å². The Labute approximate surface area is 134 Å². The van der Waals surface area contributed by atoms with Gasteiger partial charge in [0, 0.05) is 18.8 Å². The highest BCUT2D eigenvalue weighted by atomic mass is 16.2. The maximum absolute atomic E-state index is 12.0. The summed E-state index contributed by atoms with van der Waals surface area (Å²) in [5.41, 5.74) is 1.82. The summed E-state index contributed by atoms with van der Waals surface area (Å²) in [6, 6.07) is 12.1. The van der Waals surface area contributed by atoms with Gasteiger partial charge in [0.25, 0.3) is 0 Å². The third kappa shape index (κ3) is 3.77. The van der Waals surface area contributed by atoms with Crippen molar-refractivity contribution in [3.05, 3.63) is 48.2 Å². The molecule has 1 aromatic heterocycles. The number of carbonyl (C=O) groups excluding carboxylic acids is 1. The van der Waals surface area contributed by atoms with Crippen LogP contribution in [0.5, 0.6) is 0 Å². The molecule has 2 amide bonds. The summed E-state index contributed by atoms with van der Waals surface area (Å²) in [6.45, 7) is 2.08. The van der Waals surface area contributed by atoms with Crippen LogP contribution in [0.25, 0.3) is 0 Å².